The molecule has 1 fully saturated rings. The maximum atomic E-state index is 13.3. The number of sulfonamides is 1. The fourth-order valence-electron chi connectivity index (χ4n) is 4.08. The molecular weight excluding hydrogens is 360 g/mol. The molecule has 7 heteroatoms. The minimum Gasteiger partial charge on any atom is -0.352 e. The van der Waals surface area contributed by atoms with Gasteiger partial charge in [-0.3, -0.25) is 4.79 Å². The van der Waals surface area contributed by atoms with Gasteiger partial charge < -0.3 is 5.32 Å². The van der Waals surface area contributed by atoms with E-state index in [4.69, 9.17) is 11.6 Å². The molecule has 3 rings (SSSR count). The van der Waals surface area contributed by atoms with Gasteiger partial charge in [-0.2, -0.15) is 4.31 Å². The first-order valence-corrected chi connectivity index (χ1v) is 10.3. The molecule has 1 heterocycles. The number of carbonyl (C=O) groups is 1. The Morgan fingerprint density at radius 1 is 1.24 bits per heavy atom. The lowest BCUT2D eigenvalue weighted by molar-refractivity contribution is -0.118. The molecule has 1 amide bonds. The smallest absolute Gasteiger partial charge is 0.244 e. The predicted octanol–water partition coefficient (Wildman–Crippen LogP) is 3.17. The molecule has 136 valence electrons. The Bertz CT molecular complexity index is 826. The van der Waals surface area contributed by atoms with Gasteiger partial charge in [0.1, 0.15) is 0 Å². The molecule has 5 nitrogen and oxygen atoms in total. The zero-order valence-corrected chi connectivity index (χ0v) is 16.1. The average molecular weight is 383 g/mol. The van der Waals surface area contributed by atoms with Crippen molar-refractivity contribution in [2.45, 2.75) is 44.6 Å². The monoisotopic (exact) mass is 382 g/mol. The van der Waals surface area contributed by atoms with E-state index < -0.39 is 15.6 Å². The first-order valence-electron chi connectivity index (χ1n) is 8.53. The Morgan fingerprint density at radius 3 is 2.48 bits per heavy atom. The SMILES string of the molecule is CC(=O)NCC1=C(c2ccccc2Cl)S(=O)(=O)N(C)C12CCCCC2. The average Bonchev–Trinajstić information content (AvgIpc) is 2.73. The first kappa shape index (κ1) is 18.4. The summed E-state index contributed by atoms with van der Waals surface area (Å²) in [5.74, 6) is -0.177. The highest BCUT2D eigenvalue weighted by atomic mass is 35.5. The Kier molecular flexibility index (Phi) is 4.97. The largest absolute Gasteiger partial charge is 0.352 e. The minimum atomic E-state index is -3.67. The molecule has 1 aromatic carbocycles. The van der Waals surface area contributed by atoms with E-state index in [1.807, 2.05) is 0 Å². The van der Waals surface area contributed by atoms with Crippen LogP contribution in [0.2, 0.25) is 5.02 Å². The zero-order chi connectivity index (χ0) is 18.2. The van der Waals surface area contributed by atoms with Gasteiger partial charge >= 0.3 is 0 Å². The van der Waals surface area contributed by atoms with E-state index in [0.717, 1.165) is 37.7 Å². The van der Waals surface area contributed by atoms with E-state index in [0.29, 0.717) is 10.6 Å². The molecule has 1 saturated carbocycles. The van der Waals surface area contributed by atoms with E-state index in [1.165, 1.54) is 11.2 Å². The Balaban J connectivity index is 2.25. The summed E-state index contributed by atoms with van der Waals surface area (Å²) in [6.45, 7) is 1.66. The van der Waals surface area contributed by atoms with Crippen LogP contribution >= 0.6 is 11.6 Å². The second-order valence-electron chi connectivity index (χ2n) is 6.76. The van der Waals surface area contributed by atoms with Gasteiger partial charge in [0.25, 0.3) is 0 Å². The number of benzene rings is 1. The zero-order valence-electron chi connectivity index (χ0n) is 14.5. The van der Waals surface area contributed by atoms with Gasteiger partial charge in [-0.25, -0.2) is 8.42 Å². The highest BCUT2D eigenvalue weighted by Crippen LogP contribution is 2.51. The van der Waals surface area contributed by atoms with Crippen LogP contribution in [-0.4, -0.2) is 37.8 Å². The van der Waals surface area contributed by atoms with Crippen LogP contribution in [0.25, 0.3) is 4.91 Å². The van der Waals surface area contributed by atoms with Gasteiger partial charge in [0, 0.05) is 31.1 Å². The maximum absolute atomic E-state index is 13.3. The highest BCUT2D eigenvalue weighted by molar-refractivity contribution is 7.98. The number of nitrogens with one attached hydrogen (secondary N) is 1. The van der Waals surface area contributed by atoms with Crippen molar-refractivity contribution in [1.29, 1.82) is 0 Å². The molecule has 0 atom stereocenters. The van der Waals surface area contributed by atoms with Gasteiger partial charge in [-0.05, 0) is 24.5 Å². The summed E-state index contributed by atoms with van der Waals surface area (Å²) in [5, 5.41) is 3.21. The second-order valence-corrected chi connectivity index (χ2v) is 9.08. The molecule has 1 aliphatic heterocycles. The van der Waals surface area contributed by atoms with Crippen LogP contribution in [0.3, 0.4) is 0 Å². The summed E-state index contributed by atoms with van der Waals surface area (Å²) < 4.78 is 28.1. The summed E-state index contributed by atoms with van der Waals surface area (Å²) in [5.41, 5.74) is 0.713. The summed E-state index contributed by atoms with van der Waals surface area (Å²) in [6.07, 6.45) is 4.58. The molecule has 0 radical (unpaired) electrons. The lowest BCUT2D eigenvalue weighted by Gasteiger charge is -2.40. The number of rotatable bonds is 3. The molecule has 1 aliphatic carbocycles. The number of hydrogen-bond acceptors (Lipinski definition) is 3. The van der Waals surface area contributed by atoms with Crippen LogP contribution in [0.5, 0.6) is 0 Å². The third-order valence-corrected chi connectivity index (χ3v) is 7.75. The number of halogens is 1. The number of nitrogens with zero attached hydrogens (tertiary/aromatic N) is 1. The van der Waals surface area contributed by atoms with Crippen molar-refractivity contribution in [1.82, 2.24) is 9.62 Å². The van der Waals surface area contributed by atoms with Crippen LogP contribution < -0.4 is 5.32 Å². The quantitative estimate of drug-likeness (QED) is 0.873. The van der Waals surface area contributed by atoms with E-state index in [9.17, 15) is 13.2 Å². The molecule has 1 spiro atoms. The molecule has 1 aromatic rings. The lowest BCUT2D eigenvalue weighted by Crippen LogP contribution is -2.49. The van der Waals surface area contributed by atoms with Crippen LogP contribution in [-0.2, 0) is 14.8 Å². The lowest BCUT2D eigenvalue weighted by atomic mass is 9.75. The van der Waals surface area contributed by atoms with Crippen molar-refractivity contribution < 1.29 is 13.2 Å². The van der Waals surface area contributed by atoms with Gasteiger partial charge in [0.2, 0.25) is 15.9 Å². The normalized spacial score (nSPS) is 22.4. The predicted molar refractivity (Wildman–Crippen MR) is 99.6 cm³/mol. The fraction of sp³-hybridized carbons (Fsp3) is 0.500. The third kappa shape index (κ3) is 3.00. The summed E-state index contributed by atoms with van der Waals surface area (Å²) in [6, 6.07) is 6.99. The van der Waals surface area contributed by atoms with Crippen molar-refractivity contribution in [3.8, 4) is 0 Å². The molecule has 2 aliphatic rings. The van der Waals surface area contributed by atoms with Crippen molar-refractivity contribution in [3.05, 3.63) is 40.4 Å². The Morgan fingerprint density at radius 2 is 1.88 bits per heavy atom. The first-order chi connectivity index (χ1) is 11.8. The minimum absolute atomic E-state index is 0.177. The molecule has 0 unspecified atom stereocenters. The molecule has 0 aromatic heterocycles. The van der Waals surface area contributed by atoms with Gasteiger partial charge in [-0.1, -0.05) is 49.1 Å². The Hall–Kier alpha value is -1.37. The third-order valence-electron chi connectivity index (χ3n) is 5.37. The molecule has 0 saturated heterocycles. The summed E-state index contributed by atoms with van der Waals surface area (Å²) in [4.78, 5) is 11.8. The standard InChI is InChI=1S/C18H23ClN2O3S/c1-13(22)20-12-15-17(14-8-4-5-9-16(14)19)25(23,24)21(2)18(15)10-6-3-7-11-18/h4-5,8-9H,3,6-7,10-12H2,1-2H3,(H,20,22). The topological polar surface area (TPSA) is 66.5 Å². The maximum Gasteiger partial charge on any atom is 0.244 e. The van der Waals surface area contributed by atoms with Crippen molar-refractivity contribution in [2.75, 3.05) is 13.6 Å². The van der Waals surface area contributed by atoms with Crippen LogP contribution in [0.15, 0.2) is 29.8 Å². The van der Waals surface area contributed by atoms with Gasteiger partial charge in [0.15, 0.2) is 0 Å². The summed E-state index contributed by atoms with van der Waals surface area (Å²) >= 11 is 6.33. The van der Waals surface area contributed by atoms with E-state index >= 15 is 0 Å². The van der Waals surface area contributed by atoms with E-state index in [1.54, 1.807) is 31.3 Å². The second kappa shape index (κ2) is 6.74. The van der Waals surface area contributed by atoms with Crippen LogP contribution in [0.1, 0.15) is 44.6 Å². The van der Waals surface area contributed by atoms with Gasteiger partial charge in [0.05, 0.1) is 10.4 Å². The van der Waals surface area contributed by atoms with Crippen LogP contribution in [0, 0.1) is 0 Å². The van der Waals surface area contributed by atoms with Crippen LogP contribution in [0.4, 0.5) is 0 Å². The van der Waals surface area contributed by atoms with Crippen molar-refractivity contribution in [2.24, 2.45) is 0 Å². The Labute approximate surface area is 154 Å². The van der Waals surface area contributed by atoms with Gasteiger partial charge in [-0.15, -0.1) is 0 Å². The fourth-order valence-corrected chi connectivity index (χ4v) is 6.42. The number of hydrogen-bond donors (Lipinski definition) is 1. The number of amides is 1. The molecule has 25 heavy (non-hydrogen) atoms. The number of carbonyl (C=O) groups excluding carboxylic acids is 1. The number of likely N-dealkylation sites (N-methyl/N-ethyl adjacent to an activating group) is 1. The highest BCUT2D eigenvalue weighted by Gasteiger charge is 2.54. The van der Waals surface area contributed by atoms with E-state index in [-0.39, 0.29) is 17.4 Å². The van der Waals surface area contributed by atoms with E-state index in [2.05, 4.69) is 5.32 Å². The van der Waals surface area contributed by atoms with Crippen molar-refractivity contribution in [3.63, 3.8) is 0 Å². The summed E-state index contributed by atoms with van der Waals surface area (Å²) in [7, 11) is -2.02. The molecular formula is C18H23ClN2O3S. The molecule has 0 bridgehead atoms. The molecule has 1 N–H and O–H groups in total. The van der Waals surface area contributed by atoms with Crippen molar-refractivity contribution >= 4 is 32.4 Å².